The second-order valence-corrected chi connectivity index (χ2v) is 14.5. The lowest BCUT2D eigenvalue weighted by Gasteiger charge is -2.35. The maximum atomic E-state index is 14.3. The fourth-order valence-electron chi connectivity index (χ4n) is 6.85. The number of ketones is 1. The molecule has 4 aliphatic rings. The molecule has 3 fully saturated rings. The van der Waals surface area contributed by atoms with Gasteiger partial charge in [-0.25, -0.2) is 4.98 Å². The van der Waals surface area contributed by atoms with Crippen LogP contribution in [0.1, 0.15) is 90.8 Å². The van der Waals surface area contributed by atoms with Crippen molar-refractivity contribution in [3.05, 3.63) is 39.2 Å². The van der Waals surface area contributed by atoms with E-state index in [1.54, 1.807) is 11.3 Å². The van der Waals surface area contributed by atoms with Gasteiger partial charge in [-0.2, -0.15) is 10.2 Å². The molecular formula is C34H48N7O3PS. The maximum Gasteiger partial charge on any atom is 0.228 e. The number of aliphatic hydroxyl groups is 1. The number of terminal acetylenes is 1. The van der Waals surface area contributed by atoms with Crippen LogP contribution in [0.15, 0.2) is 17.3 Å². The molecule has 0 amide bonds. The number of nitriles is 1. The van der Waals surface area contributed by atoms with Gasteiger partial charge in [-0.05, 0) is 70.5 Å². The number of nitrogens with two attached hydrogens (primary N) is 1. The Balaban J connectivity index is 0.00000116. The summed E-state index contributed by atoms with van der Waals surface area (Å²) in [5.41, 5.74) is 9.90. The van der Waals surface area contributed by atoms with Crippen molar-refractivity contribution >= 4 is 36.8 Å². The van der Waals surface area contributed by atoms with Crippen molar-refractivity contribution in [3.63, 3.8) is 0 Å². The third-order valence-corrected chi connectivity index (χ3v) is 11.2. The number of hydrogen-bond donors (Lipinski definition) is 3. The van der Waals surface area contributed by atoms with Crippen LogP contribution in [0.25, 0.3) is 0 Å². The number of fused-ring (bicyclic) bond motifs is 1. The van der Waals surface area contributed by atoms with Gasteiger partial charge in [0.05, 0.1) is 5.56 Å². The van der Waals surface area contributed by atoms with Crippen molar-refractivity contribution in [2.24, 2.45) is 5.73 Å². The van der Waals surface area contributed by atoms with Gasteiger partial charge >= 0.3 is 0 Å². The van der Waals surface area contributed by atoms with Gasteiger partial charge < -0.3 is 30.7 Å². The van der Waals surface area contributed by atoms with Crippen LogP contribution in [0, 0.1) is 24.2 Å². The SMILES string of the molecule is C#C.CCC/C(C(=O)c1nc(OC[C@@H]2CCCN2C)cc(N2CCNC3(CC3)C2)n1)=C(/N)[C@H]1CCCc2sc(P)c(C#N)c21.CO. The highest BCUT2D eigenvalue weighted by Gasteiger charge is 2.46. The number of rotatable bonds is 9. The average Bonchev–Trinajstić information content (AvgIpc) is 3.54. The van der Waals surface area contributed by atoms with E-state index in [9.17, 15) is 10.1 Å². The fraction of sp³-hybridized carbons (Fsp3) is 0.588. The number of nitrogens with one attached hydrogen (secondary N) is 1. The van der Waals surface area contributed by atoms with E-state index < -0.39 is 0 Å². The van der Waals surface area contributed by atoms with Crippen molar-refractivity contribution in [2.75, 3.05) is 51.8 Å². The van der Waals surface area contributed by atoms with Crippen LogP contribution < -0.4 is 25.3 Å². The third-order valence-electron chi connectivity index (χ3n) is 9.44. The zero-order valence-corrected chi connectivity index (χ0v) is 29.3. The first kappa shape index (κ1) is 35.8. The fourth-order valence-corrected chi connectivity index (χ4v) is 8.62. The number of aliphatic hydroxyl groups excluding tert-OH is 1. The molecule has 10 nitrogen and oxygen atoms in total. The number of piperazine rings is 1. The predicted molar refractivity (Wildman–Crippen MR) is 188 cm³/mol. The minimum atomic E-state index is -0.234. The molecule has 4 N–H and O–H groups in total. The second-order valence-electron chi connectivity index (χ2n) is 12.4. The van der Waals surface area contributed by atoms with Crippen molar-refractivity contribution in [1.82, 2.24) is 20.2 Å². The summed E-state index contributed by atoms with van der Waals surface area (Å²) in [6.45, 7) is 6.21. The number of likely N-dealkylation sites (N-methyl/N-ethyl adjacent to an activating group) is 1. The predicted octanol–water partition coefficient (Wildman–Crippen LogP) is 3.50. The summed E-state index contributed by atoms with van der Waals surface area (Å²) in [5, 5.41) is 20.6. The number of hydrogen-bond acceptors (Lipinski definition) is 11. The van der Waals surface area contributed by atoms with Gasteiger partial charge in [0, 0.05) is 71.1 Å². The summed E-state index contributed by atoms with van der Waals surface area (Å²) in [7, 11) is 5.83. The Hall–Kier alpha value is -3.05. The molecule has 0 radical (unpaired) electrons. The van der Waals surface area contributed by atoms with E-state index in [0.29, 0.717) is 41.8 Å². The number of ether oxygens (including phenoxy) is 1. The van der Waals surface area contributed by atoms with E-state index in [1.165, 1.54) is 4.88 Å². The van der Waals surface area contributed by atoms with Gasteiger partial charge in [-0.1, -0.05) is 22.6 Å². The molecule has 1 unspecified atom stereocenters. The first-order chi connectivity index (χ1) is 22.3. The Bertz CT molecular complexity index is 1480. The van der Waals surface area contributed by atoms with E-state index in [1.807, 2.05) is 6.07 Å². The molecular weight excluding hydrogens is 617 g/mol. The lowest BCUT2D eigenvalue weighted by molar-refractivity contribution is 0.101. The van der Waals surface area contributed by atoms with Crippen molar-refractivity contribution in [3.8, 4) is 24.8 Å². The highest BCUT2D eigenvalue weighted by atomic mass is 32.1. The number of likely N-dealkylation sites (tertiary alicyclic amines) is 1. The van der Waals surface area contributed by atoms with Gasteiger partial charge in [-0.3, -0.25) is 4.79 Å². The van der Waals surface area contributed by atoms with E-state index >= 15 is 0 Å². The molecule has 248 valence electrons. The topological polar surface area (TPSA) is 141 Å². The molecule has 12 heteroatoms. The van der Waals surface area contributed by atoms with E-state index in [2.05, 4.69) is 57.2 Å². The zero-order chi connectivity index (χ0) is 33.4. The van der Waals surface area contributed by atoms with Gasteiger partial charge in [-0.15, -0.1) is 24.2 Å². The number of carbonyl (C=O) groups excluding carboxylic acids is 1. The normalized spacial score (nSPS) is 21.9. The molecule has 1 saturated carbocycles. The number of Topliss-reactive ketones (excluding diaryl/α,β-unsaturated/α-hetero) is 1. The molecule has 0 aromatic carbocycles. The summed E-state index contributed by atoms with van der Waals surface area (Å²) in [4.78, 5) is 29.7. The molecule has 3 atom stereocenters. The molecule has 2 saturated heterocycles. The largest absolute Gasteiger partial charge is 0.476 e. The minimum absolute atomic E-state index is 0.144. The van der Waals surface area contributed by atoms with Crippen LogP contribution in [-0.2, 0) is 6.42 Å². The van der Waals surface area contributed by atoms with Crippen LogP contribution in [0.3, 0.4) is 0 Å². The zero-order valence-electron chi connectivity index (χ0n) is 27.3. The number of allylic oxidation sites excluding steroid dienone is 2. The van der Waals surface area contributed by atoms with Crippen LogP contribution in [0.4, 0.5) is 5.82 Å². The third kappa shape index (κ3) is 7.73. The molecule has 46 heavy (non-hydrogen) atoms. The lowest BCUT2D eigenvalue weighted by Crippen LogP contribution is -2.52. The number of nitrogens with zero attached hydrogens (tertiary/aromatic N) is 5. The summed E-state index contributed by atoms with van der Waals surface area (Å²) < 4.78 is 7.22. The molecule has 4 heterocycles. The molecule has 0 bridgehead atoms. The number of thiophene rings is 1. The smallest absolute Gasteiger partial charge is 0.228 e. The van der Waals surface area contributed by atoms with Gasteiger partial charge in [0.1, 0.15) is 18.5 Å². The number of aromatic nitrogens is 2. The van der Waals surface area contributed by atoms with Gasteiger partial charge in [0.2, 0.25) is 17.5 Å². The summed E-state index contributed by atoms with van der Waals surface area (Å²) in [6, 6.07) is 4.63. The first-order valence-corrected chi connectivity index (χ1v) is 17.6. The molecule has 2 aliphatic heterocycles. The molecule has 6 rings (SSSR count). The second kappa shape index (κ2) is 16.2. The number of aryl methyl sites for hydroxylation is 1. The average molecular weight is 666 g/mol. The first-order valence-electron chi connectivity index (χ1n) is 16.2. The number of anilines is 1. The van der Waals surface area contributed by atoms with Crippen LogP contribution in [0.5, 0.6) is 5.88 Å². The van der Waals surface area contributed by atoms with Crippen LogP contribution in [0.2, 0.25) is 0 Å². The summed E-state index contributed by atoms with van der Waals surface area (Å²) in [5.74, 6) is 0.938. The Morgan fingerprint density at radius 1 is 1.28 bits per heavy atom. The lowest BCUT2D eigenvalue weighted by atomic mass is 9.81. The monoisotopic (exact) mass is 665 g/mol. The Morgan fingerprint density at radius 2 is 2.04 bits per heavy atom. The summed E-state index contributed by atoms with van der Waals surface area (Å²) >= 11 is 1.66. The summed E-state index contributed by atoms with van der Waals surface area (Å²) in [6.07, 6.45) is 16.6. The quantitative estimate of drug-likeness (QED) is 0.158. The maximum absolute atomic E-state index is 14.3. The highest BCUT2D eigenvalue weighted by molar-refractivity contribution is 7.43. The number of carbonyl (C=O) groups is 1. The van der Waals surface area contributed by atoms with E-state index in [-0.39, 0.29) is 23.1 Å². The molecule has 1 spiro atoms. The van der Waals surface area contributed by atoms with E-state index in [0.717, 1.165) is 101 Å². The van der Waals surface area contributed by atoms with Crippen molar-refractivity contribution in [1.29, 1.82) is 5.26 Å². The van der Waals surface area contributed by atoms with Crippen LogP contribution in [-0.4, -0.2) is 84.3 Å². The molecule has 2 aromatic heterocycles. The van der Waals surface area contributed by atoms with Gasteiger partial charge in [0.25, 0.3) is 0 Å². The standard InChI is InChI=1S/C31H42N7O2PS.C2H2.CH4O/c1-3-6-21(27(33)20-8-4-9-23-26(20)22(16-32)30(41)42-23)28(39)29-35-24(38-14-12-34-31(18-38)10-11-31)15-25(36-29)40-17-19-7-5-13-37(19)2;2*1-2/h15,19-20,34H,3-14,17-18,33,41H2,1-2H3;1-2H;2H,1H3/b27-21-;;/t19-,20-;;/m0../s1. The Morgan fingerprint density at radius 3 is 2.70 bits per heavy atom. The molecule has 2 aliphatic carbocycles. The van der Waals surface area contributed by atoms with Crippen LogP contribution >= 0.6 is 20.6 Å². The Labute approximate surface area is 280 Å². The minimum Gasteiger partial charge on any atom is -0.476 e. The van der Waals surface area contributed by atoms with E-state index in [4.69, 9.17) is 25.5 Å². The van der Waals surface area contributed by atoms with Crippen molar-refractivity contribution < 1.29 is 14.6 Å². The Kier molecular flexibility index (Phi) is 12.6. The molecule has 2 aromatic rings. The van der Waals surface area contributed by atoms with Crippen molar-refractivity contribution in [2.45, 2.75) is 82.2 Å². The van der Waals surface area contributed by atoms with Gasteiger partial charge in [0.15, 0.2) is 0 Å². The highest BCUT2D eigenvalue weighted by Crippen LogP contribution is 2.42.